The van der Waals surface area contributed by atoms with E-state index in [1.54, 1.807) is 13.0 Å². The van der Waals surface area contributed by atoms with E-state index < -0.39 is 0 Å². The maximum atomic E-state index is 12.5. The van der Waals surface area contributed by atoms with E-state index in [4.69, 9.17) is 4.52 Å². The summed E-state index contributed by atoms with van der Waals surface area (Å²) in [6.45, 7) is 5.42. The number of aryl methyl sites for hydroxylation is 2. The van der Waals surface area contributed by atoms with E-state index in [9.17, 15) is 4.79 Å². The molecule has 0 bridgehead atoms. The van der Waals surface area contributed by atoms with Crippen LogP contribution in [0, 0.1) is 13.8 Å². The van der Waals surface area contributed by atoms with Gasteiger partial charge in [0.1, 0.15) is 0 Å². The van der Waals surface area contributed by atoms with Crippen LogP contribution < -0.4 is 5.32 Å². The van der Waals surface area contributed by atoms with Gasteiger partial charge in [0, 0.05) is 18.0 Å². The van der Waals surface area contributed by atoms with Crippen molar-refractivity contribution in [1.29, 1.82) is 0 Å². The van der Waals surface area contributed by atoms with Crippen molar-refractivity contribution < 1.29 is 9.32 Å². The summed E-state index contributed by atoms with van der Waals surface area (Å²) >= 11 is 0. The number of carbonyl (C=O) groups is 1. The van der Waals surface area contributed by atoms with E-state index >= 15 is 0 Å². The molecule has 0 aliphatic carbocycles. The number of benzene rings is 1. The molecule has 2 aromatic heterocycles. The Labute approximate surface area is 127 Å². The van der Waals surface area contributed by atoms with E-state index in [1.807, 2.05) is 38.1 Å². The second-order valence-electron chi connectivity index (χ2n) is 5.20. The predicted molar refractivity (Wildman–Crippen MR) is 81.4 cm³/mol. The molecule has 112 valence electrons. The van der Waals surface area contributed by atoms with Gasteiger partial charge in [-0.25, -0.2) is 0 Å². The van der Waals surface area contributed by atoms with Crippen LogP contribution in [0.4, 0.5) is 0 Å². The quantitative estimate of drug-likeness (QED) is 0.803. The summed E-state index contributed by atoms with van der Waals surface area (Å²) in [5.41, 5.74) is 2.10. The van der Waals surface area contributed by atoms with Crippen LogP contribution in [0.15, 0.2) is 34.9 Å². The summed E-state index contributed by atoms with van der Waals surface area (Å²) in [5.74, 6) is 0.715. The summed E-state index contributed by atoms with van der Waals surface area (Å²) in [6.07, 6.45) is 0. The maximum absolute atomic E-state index is 12.5. The van der Waals surface area contributed by atoms with Crippen molar-refractivity contribution in [3.8, 4) is 0 Å². The molecule has 0 fully saturated rings. The van der Waals surface area contributed by atoms with Crippen molar-refractivity contribution in [3.05, 3.63) is 53.3 Å². The molecule has 0 aliphatic heterocycles. The van der Waals surface area contributed by atoms with Crippen molar-refractivity contribution in [3.63, 3.8) is 0 Å². The molecule has 6 nitrogen and oxygen atoms in total. The molecule has 0 saturated heterocycles. The fourth-order valence-corrected chi connectivity index (χ4v) is 2.26. The maximum Gasteiger partial charge on any atom is 0.254 e. The number of aromatic nitrogens is 3. The number of hydrogen-bond donors (Lipinski definition) is 1. The third kappa shape index (κ3) is 2.67. The number of pyridine rings is 1. The van der Waals surface area contributed by atoms with E-state index in [1.165, 1.54) is 0 Å². The number of carbonyl (C=O) groups excluding carboxylic acids is 1. The zero-order chi connectivity index (χ0) is 15.7. The molecule has 0 spiro atoms. The van der Waals surface area contributed by atoms with Gasteiger partial charge in [-0.3, -0.25) is 9.78 Å². The lowest BCUT2D eigenvalue weighted by Gasteiger charge is -2.11. The van der Waals surface area contributed by atoms with Gasteiger partial charge in [0.2, 0.25) is 5.89 Å². The number of nitrogens with zero attached hydrogens (tertiary/aromatic N) is 3. The minimum Gasteiger partial charge on any atom is -0.342 e. The molecular formula is C16H16N4O2. The average molecular weight is 296 g/mol. The van der Waals surface area contributed by atoms with Gasteiger partial charge in [-0.1, -0.05) is 23.4 Å². The number of amides is 1. The van der Waals surface area contributed by atoms with Gasteiger partial charge in [-0.15, -0.1) is 0 Å². The smallest absolute Gasteiger partial charge is 0.254 e. The molecule has 1 amide bonds. The summed E-state index contributed by atoms with van der Waals surface area (Å²) in [5, 5.41) is 7.63. The molecule has 3 rings (SSSR count). The van der Waals surface area contributed by atoms with Gasteiger partial charge in [-0.2, -0.15) is 4.98 Å². The first-order chi connectivity index (χ1) is 10.5. The van der Waals surface area contributed by atoms with Crippen LogP contribution in [0.1, 0.15) is 40.7 Å². The number of para-hydroxylation sites is 1. The number of fused-ring (bicyclic) bond motifs is 1. The van der Waals surface area contributed by atoms with Gasteiger partial charge >= 0.3 is 0 Å². The zero-order valence-corrected chi connectivity index (χ0v) is 12.6. The summed E-state index contributed by atoms with van der Waals surface area (Å²) in [4.78, 5) is 21.1. The SMILES string of the molecule is Cc1ccc2cccc(C(=O)NC(C)c3noc(C)n3)c2n1. The second-order valence-corrected chi connectivity index (χ2v) is 5.20. The molecular weight excluding hydrogens is 280 g/mol. The van der Waals surface area contributed by atoms with Crippen molar-refractivity contribution in [2.24, 2.45) is 0 Å². The first-order valence-electron chi connectivity index (χ1n) is 7.02. The highest BCUT2D eigenvalue weighted by Gasteiger charge is 2.18. The van der Waals surface area contributed by atoms with Crippen LogP contribution in [-0.4, -0.2) is 21.0 Å². The van der Waals surface area contributed by atoms with Crippen LogP contribution in [0.2, 0.25) is 0 Å². The topological polar surface area (TPSA) is 80.9 Å². The fraction of sp³-hybridized carbons (Fsp3) is 0.250. The highest BCUT2D eigenvalue weighted by Crippen LogP contribution is 2.18. The van der Waals surface area contributed by atoms with Crippen LogP contribution in [0.25, 0.3) is 10.9 Å². The average Bonchev–Trinajstić information content (AvgIpc) is 2.93. The van der Waals surface area contributed by atoms with Gasteiger partial charge in [-0.05, 0) is 26.0 Å². The van der Waals surface area contributed by atoms with Crippen LogP contribution in [0.3, 0.4) is 0 Å². The molecule has 0 aliphatic rings. The lowest BCUT2D eigenvalue weighted by Crippen LogP contribution is -2.27. The van der Waals surface area contributed by atoms with E-state index in [-0.39, 0.29) is 11.9 Å². The van der Waals surface area contributed by atoms with Gasteiger partial charge in [0.25, 0.3) is 5.91 Å². The molecule has 0 saturated carbocycles. The predicted octanol–water partition coefficient (Wildman–Crippen LogP) is 2.73. The third-order valence-electron chi connectivity index (χ3n) is 3.38. The van der Waals surface area contributed by atoms with Gasteiger partial charge in [0.15, 0.2) is 5.82 Å². The van der Waals surface area contributed by atoms with E-state index in [0.29, 0.717) is 22.8 Å². The largest absolute Gasteiger partial charge is 0.342 e. The Morgan fingerprint density at radius 2 is 2.00 bits per heavy atom. The first kappa shape index (κ1) is 14.2. The Morgan fingerprint density at radius 1 is 1.18 bits per heavy atom. The first-order valence-corrected chi connectivity index (χ1v) is 7.02. The van der Waals surface area contributed by atoms with Crippen molar-refractivity contribution in [2.45, 2.75) is 26.8 Å². The third-order valence-corrected chi connectivity index (χ3v) is 3.38. The summed E-state index contributed by atoms with van der Waals surface area (Å²) in [7, 11) is 0. The molecule has 0 radical (unpaired) electrons. The fourth-order valence-electron chi connectivity index (χ4n) is 2.26. The highest BCUT2D eigenvalue weighted by atomic mass is 16.5. The molecule has 1 unspecified atom stereocenters. The normalized spacial score (nSPS) is 12.3. The summed E-state index contributed by atoms with van der Waals surface area (Å²) in [6, 6.07) is 9.08. The second kappa shape index (κ2) is 5.55. The Hall–Kier alpha value is -2.76. The lowest BCUT2D eigenvalue weighted by molar-refractivity contribution is 0.0939. The number of hydrogen-bond acceptors (Lipinski definition) is 5. The van der Waals surface area contributed by atoms with Crippen LogP contribution >= 0.6 is 0 Å². The van der Waals surface area contributed by atoms with Crippen molar-refractivity contribution in [2.75, 3.05) is 0 Å². The highest BCUT2D eigenvalue weighted by molar-refractivity contribution is 6.05. The molecule has 6 heteroatoms. The Morgan fingerprint density at radius 3 is 2.73 bits per heavy atom. The Bertz CT molecular complexity index is 841. The van der Waals surface area contributed by atoms with E-state index in [0.717, 1.165) is 11.1 Å². The minimum atomic E-state index is -0.343. The number of nitrogens with one attached hydrogen (secondary N) is 1. The Kier molecular flexibility index (Phi) is 3.58. The van der Waals surface area contributed by atoms with Crippen LogP contribution in [-0.2, 0) is 0 Å². The zero-order valence-electron chi connectivity index (χ0n) is 12.6. The van der Waals surface area contributed by atoms with Gasteiger partial charge in [0.05, 0.1) is 17.1 Å². The molecule has 3 aromatic rings. The summed E-state index contributed by atoms with van der Waals surface area (Å²) < 4.78 is 4.93. The van der Waals surface area contributed by atoms with Gasteiger partial charge < -0.3 is 9.84 Å². The lowest BCUT2D eigenvalue weighted by atomic mass is 10.1. The van der Waals surface area contributed by atoms with Crippen LogP contribution in [0.5, 0.6) is 0 Å². The number of rotatable bonds is 3. The molecule has 1 N–H and O–H groups in total. The molecule has 1 atom stereocenters. The Balaban J connectivity index is 1.90. The van der Waals surface area contributed by atoms with Crippen molar-refractivity contribution in [1.82, 2.24) is 20.4 Å². The molecule has 2 heterocycles. The van der Waals surface area contributed by atoms with E-state index in [2.05, 4.69) is 20.4 Å². The monoisotopic (exact) mass is 296 g/mol. The molecule has 22 heavy (non-hydrogen) atoms. The minimum absolute atomic E-state index is 0.210. The standard InChI is InChI=1S/C16H16N4O2/c1-9-7-8-12-5-4-6-13(14(12)17-9)16(21)18-10(2)15-19-11(3)22-20-15/h4-8,10H,1-3H3,(H,18,21). The van der Waals surface area contributed by atoms with Crippen molar-refractivity contribution >= 4 is 16.8 Å². The molecule has 1 aromatic carbocycles.